The summed E-state index contributed by atoms with van der Waals surface area (Å²) < 4.78 is 6.45. The van der Waals surface area contributed by atoms with E-state index in [1.165, 1.54) is 5.56 Å². The molecule has 0 aliphatic rings. The fourth-order valence-corrected chi connectivity index (χ4v) is 2.74. The molecule has 0 radical (unpaired) electrons. The van der Waals surface area contributed by atoms with E-state index in [0.717, 1.165) is 16.5 Å². The Hall–Kier alpha value is -2.39. The summed E-state index contributed by atoms with van der Waals surface area (Å²) in [6.45, 7) is 0. The number of ether oxygens (including phenoxy) is 1. The highest BCUT2D eigenvalue weighted by atomic mass is 79.9. The fraction of sp³-hybridized carbons (Fsp3) is 0.0500. The zero-order valence-corrected chi connectivity index (χ0v) is 14.0. The first-order valence-electron chi connectivity index (χ1n) is 7.32. The number of para-hydroxylation sites is 1. The summed E-state index contributed by atoms with van der Waals surface area (Å²) in [5, 5.41) is 0. The Labute approximate surface area is 143 Å². The van der Waals surface area contributed by atoms with Crippen molar-refractivity contribution in [1.82, 2.24) is 0 Å². The second kappa shape index (κ2) is 7.25. The fourth-order valence-electron chi connectivity index (χ4n) is 2.34. The summed E-state index contributed by atoms with van der Waals surface area (Å²) in [6, 6.07) is 24.9. The van der Waals surface area contributed by atoms with Crippen LogP contribution in [0.3, 0.4) is 0 Å². The van der Waals surface area contributed by atoms with Gasteiger partial charge in [0, 0.05) is 10.9 Å². The van der Waals surface area contributed by atoms with Crippen molar-refractivity contribution in [2.24, 2.45) is 0 Å². The van der Waals surface area contributed by atoms with Crippen LogP contribution in [0.4, 0.5) is 0 Å². The molecule has 0 heterocycles. The number of halogens is 1. The third-order valence-electron chi connectivity index (χ3n) is 3.47. The van der Waals surface area contributed by atoms with E-state index in [1.54, 1.807) is 12.1 Å². The van der Waals surface area contributed by atoms with Crippen LogP contribution in [0.25, 0.3) is 0 Å². The van der Waals surface area contributed by atoms with Gasteiger partial charge in [-0.15, -0.1) is 0 Å². The van der Waals surface area contributed by atoms with E-state index in [0.29, 0.717) is 11.3 Å². The lowest BCUT2D eigenvalue weighted by atomic mass is 10.0. The Balaban J connectivity index is 1.82. The highest BCUT2D eigenvalue weighted by molar-refractivity contribution is 9.10. The Morgan fingerprint density at radius 3 is 2.39 bits per heavy atom. The molecule has 0 bridgehead atoms. The average Bonchev–Trinajstić information content (AvgIpc) is 2.57. The molecule has 2 nitrogen and oxygen atoms in total. The number of hydrogen-bond acceptors (Lipinski definition) is 2. The second-order valence-corrected chi connectivity index (χ2v) is 6.09. The first kappa shape index (κ1) is 15.5. The molecule has 0 aliphatic heterocycles. The van der Waals surface area contributed by atoms with Gasteiger partial charge in [-0.05, 0) is 35.4 Å². The SMILES string of the molecule is O=C(Oc1ccccc1Cc1ccccc1)c1cccc(Br)c1. The van der Waals surface area contributed by atoms with E-state index in [1.807, 2.05) is 54.6 Å². The molecule has 0 N–H and O–H groups in total. The smallest absolute Gasteiger partial charge is 0.343 e. The normalized spacial score (nSPS) is 10.3. The predicted octanol–water partition coefficient (Wildman–Crippen LogP) is 5.26. The van der Waals surface area contributed by atoms with Crippen molar-refractivity contribution in [3.8, 4) is 5.75 Å². The molecule has 0 aliphatic carbocycles. The van der Waals surface area contributed by atoms with E-state index < -0.39 is 0 Å². The summed E-state index contributed by atoms with van der Waals surface area (Å²) >= 11 is 3.37. The van der Waals surface area contributed by atoms with Crippen LogP contribution in [-0.4, -0.2) is 5.97 Å². The number of carbonyl (C=O) groups excluding carboxylic acids is 1. The largest absolute Gasteiger partial charge is 0.423 e. The molecule has 23 heavy (non-hydrogen) atoms. The molecule has 0 saturated heterocycles. The Bertz CT molecular complexity index is 813. The zero-order chi connectivity index (χ0) is 16.1. The molecule has 114 valence electrons. The summed E-state index contributed by atoms with van der Waals surface area (Å²) in [5.41, 5.74) is 2.69. The lowest BCUT2D eigenvalue weighted by Gasteiger charge is -2.10. The molecule has 0 saturated carbocycles. The highest BCUT2D eigenvalue weighted by Crippen LogP contribution is 2.23. The van der Waals surface area contributed by atoms with Crippen molar-refractivity contribution in [3.05, 3.63) is 100 Å². The van der Waals surface area contributed by atoms with E-state index in [2.05, 4.69) is 28.1 Å². The maximum absolute atomic E-state index is 12.3. The van der Waals surface area contributed by atoms with Gasteiger partial charge in [0.2, 0.25) is 0 Å². The monoisotopic (exact) mass is 366 g/mol. The summed E-state index contributed by atoms with van der Waals surface area (Å²) in [6.07, 6.45) is 0.725. The van der Waals surface area contributed by atoms with Gasteiger partial charge in [0.05, 0.1) is 5.56 Å². The molecule has 0 atom stereocenters. The molecular weight excluding hydrogens is 352 g/mol. The predicted molar refractivity (Wildman–Crippen MR) is 94.8 cm³/mol. The van der Waals surface area contributed by atoms with Gasteiger partial charge < -0.3 is 4.74 Å². The minimum absolute atomic E-state index is 0.355. The molecular formula is C20H15BrO2. The van der Waals surface area contributed by atoms with Crippen molar-refractivity contribution in [3.63, 3.8) is 0 Å². The Morgan fingerprint density at radius 2 is 1.61 bits per heavy atom. The van der Waals surface area contributed by atoms with Gasteiger partial charge in [0.25, 0.3) is 0 Å². The molecule has 0 unspecified atom stereocenters. The van der Waals surface area contributed by atoms with Gasteiger partial charge in [-0.3, -0.25) is 0 Å². The van der Waals surface area contributed by atoms with Crippen LogP contribution in [0.2, 0.25) is 0 Å². The van der Waals surface area contributed by atoms with Gasteiger partial charge in [0.15, 0.2) is 0 Å². The third-order valence-corrected chi connectivity index (χ3v) is 3.97. The zero-order valence-electron chi connectivity index (χ0n) is 12.4. The Kier molecular flexibility index (Phi) is 4.89. The average molecular weight is 367 g/mol. The maximum Gasteiger partial charge on any atom is 0.343 e. The summed E-state index contributed by atoms with van der Waals surface area (Å²) in [7, 11) is 0. The summed E-state index contributed by atoms with van der Waals surface area (Å²) in [4.78, 5) is 12.3. The van der Waals surface area contributed by atoms with Crippen molar-refractivity contribution >= 4 is 21.9 Å². The van der Waals surface area contributed by atoms with Gasteiger partial charge in [0.1, 0.15) is 5.75 Å². The standard InChI is InChI=1S/C20H15BrO2/c21-18-11-6-10-17(14-18)20(22)23-19-12-5-4-9-16(19)13-15-7-2-1-3-8-15/h1-12,14H,13H2. The topological polar surface area (TPSA) is 26.3 Å². The maximum atomic E-state index is 12.3. The third kappa shape index (κ3) is 4.08. The lowest BCUT2D eigenvalue weighted by molar-refractivity contribution is 0.0733. The quantitative estimate of drug-likeness (QED) is 0.465. The summed E-state index contributed by atoms with van der Waals surface area (Å²) in [5.74, 6) is 0.244. The van der Waals surface area contributed by atoms with Crippen LogP contribution >= 0.6 is 15.9 Å². The van der Waals surface area contributed by atoms with Gasteiger partial charge >= 0.3 is 5.97 Å². The van der Waals surface area contributed by atoms with Crippen LogP contribution in [0.1, 0.15) is 21.5 Å². The number of esters is 1. The lowest BCUT2D eigenvalue weighted by Crippen LogP contribution is -2.10. The van der Waals surface area contributed by atoms with E-state index in [-0.39, 0.29) is 5.97 Å². The van der Waals surface area contributed by atoms with Crippen molar-refractivity contribution < 1.29 is 9.53 Å². The molecule has 3 aromatic rings. The van der Waals surface area contributed by atoms with Crippen molar-refractivity contribution in [2.45, 2.75) is 6.42 Å². The van der Waals surface area contributed by atoms with Crippen LogP contribution in [-0.2, 0) is 6.42 Å². The van der Waals surface area contributed by atoms with Crippen LogP contribution in [0.5, 0.6) is 5.75 Å². The molecule has 0 aromatic heterocycles. The minimum Gasteiger partial charge on any atom is -0.423 e. The van der Waals surface area contributed by atoms with Gasteiger partial charge in [-0.25, -0.2) is 4.79 Å². The van der Waals surface area contributed by atoms with Crippen molar-refractivity contribution in [2.75, 3.05) is 0 Å². The second-order valence-electron chi connectivity index (χ2n) is 5.17. The molecule has 0 amide bonds. The van der Waals surface area contributed by atoms with Crippen LogP contribution in [0.15, 0.2) is 83.3 Å². The van der Waals surface area contributed by atoms with E-state index in [4.69, 9.17) is 4.74 Å². The minimum atomic E-state index is -0.355. The van der Waals surface area contributed by atoms with Crippen LogP contribution in [0, 0.1) is 0 Å². The van der Waals surface area contributed by atoms with Crippen molar-refractivity contribution in [1.29, 1.82) is 0 Å². The first-order valence-corrected chi connectivity index (χ1v) is 8.11. The van der Waals surface area contributed by atoms with E-state index >= 15 is 0 Å². The highest BCUT2D eigenvalue weighted by Gasteiger charge is 2.12. The molecule has 3 rings (SSSR count). The first-order chi connectivity index (χ1) is 11.2. The number of carbonyl (C=O) groups is 1. The number of benzene rings is 3. The molecule has 3 aromatic carbocycles. The molecule has 0 fully saturated rings. The Morgan fingerprint density at radius 1 is 0.870 bits per heavy atom. The molecule has 3 heteroatoms. The molecule has 0 spiro atoms. The van der Waals surface area contributed by atoms with Gasteiger partial charge in [-0.2, -0.15) is 0 Å². The van der Waals surface area contributed by atoms with E-state index in [9.17, 15) is 4.79 Å². The number of hydrogen-bond donors (Lipinski definition) is 0. The van der Waals surface area contributed by atoms with Crippen LogP contribution < -0.4 is 4.74 Å². The number of rotatable bonds is 4. The van der Waals surface area contributed by atoms with Gasteiger partial charge in [-0.1, -0.05) is 70.5 Å².